The first kappa shape index (κ1) is 18.0. The average molecular weight is 345 g/mol. The van der Waals surface area contributed by atoms with E-state index >= 15 is 0 Å². The molecule has 1 aromatic heterocycles. The fraction of sp³-hybridized carbons (Fsp3) is 0.545. The molecule has 0 aliphatic carbocycles. The quantitative estimate of drug-likeness (QED) is 0.609. The SMILES string of the molecule is CCOC(=O)c1sc(C)nc1N[C-](C)CCN.[Y+3]. The molecule has 0 radical (unpaired) electrons. The molecule has 1 rings (SSSR count). The van der Waals surface area contributed by atoms with Crippen LogP contribution < -0.4 is 11.1 Å². The molecule has 0 unspecified atom stereocenters. The monoisotopic (exact) mass is 345 g/mol. The molecule has 1 heterocycles. The number of hydrogen-bond donors (Lipinski definition) is 2. The number of aryl methyl sites for hydroxylation is 1. The number of nitrogens with zero attached hydrogens (tertiary/aromatic N) is 1. The van der Waals surface area contributed by atoms with Crippen LogP contribution in [0.4, 0.5) is 5.82 Å². The summed E-state index contributed by atoms with van der Waals surface area (Å²) in [6, 6.07) is 0.989. The molecule has 0 atom stereocenters. The fourth-order valence-corrected chi connectivity index (χ4v) is 2.10. The van der Waals surface area contributed by atoms with Gasteiger partial charge in [-0.05, 0) is 20.4 Å². The van der Waals surface area contributed by atoms with Crippen LogP contribution in [0.25, 0.3) is 0 Å². The topological polar surface area (TPSA) is 77.2 Å². The fourth-order valence-electron chi connectivity index (χ4n) is 1.33. The maximum absolute atomic E-state index is 11.7. The van der Waals surface area contributed by atoms with Crippen molar-refractivity contribution in [3.8, 4) is 0 Å². The van der Waals surface area contributed by atoms with Crippen molar-refractivity contribution < 1.29 is 42.2 Å². The van der Waals surface area contributed by atoms with Gasteiger partial charge in [0.2, 0.25) is 0 Å². The van der Waals surface area contributed by atoms with Crippen LogP contribution in [0.5, 0.6) is 0 Å². The maximum Gasteiger partial charge on any atom is 3.00 e. The summed E-state index contributed by atoms with van der Waals surface area (Å²) in [6.45, 7) is 6.50. The van der Waals surface area contributed by atoms with Gasteiger partial charge in [0.05, 0.1) is 11.6 Å². The number of esters is 1. The number of thiazole rings is 1. The van der Waals surface area contributed by atoms with Crippen LogP contribution in [-0.2, 0) is 37.4 Å². The van der Waals surface area contributed by atoms with Crippen LogP contribution in [0, 0.1) is 13.0 Å². The second-order valence-electron chi connectivity index (χ2n) is 3.58. The number of nitrogens with two attached hydrogens (primary N) is 1. The van der Waals surface area contributed by atoms with Crippen LogP contribution in [0.15, 0.2) is 0 Å². The Kier molecular flexibility index (Phi) is 8.94. The summed E-state index contributed by atoms with van der Waals surface area (Å²) < 4.78 is 4.98. The van der Waals surface area contributed by atoms with Gasteiger partial charge in [-0.25, -0.2) is 15.8 Å². The van der Waals surface area contributed by atoms with E-state index in [0.29, 0.717) is 23.8 Å². The molecule has 18 heavy (non-hydrogen) atoms. The van der Waals surface area contributed by atoms with Crippen molar-refractivity contribution in [3.05, 3.63) is 15.9 Å². The Morgan fingerprint density at radius 1 is 1.61 bits per heavy atom. The zero-order valence-corrected chi connectivity index (χ0v) is 14.6. The van der Waals surface area contributed by atoms with E-state index in [2.05, 4.69) is 10.3 Å². The molecule has 3 N–H and O–H groups in total. The van der Waals surface area contributed by atoms with Gasteiger partial charge < -0.3 is 15.8 Å². The molecule has 0 aromatic carbocycles. The molecule has 0 aliphatic rings. The second-order valence-corrected chi connectivity index (χ2v) is 4.78. The van der Waals surface area contributed by atoms with Gasteiger partial charge in [-0.15, -0.1) is 17.8 Å². The van der Waals surface area contributed by atoms with E-state index in [-0.39, 0.29) is 38.7 Å². The van der Waals surface area contributed by atoms with Crippen molar-refractivity contribution >= 4 is 23.1 Å². The number of hydrogen-bond acceptors (Lipinski definition) is 6. The van der Waals surface area contributed by atoms with Gasteiger partial charge >= 0.3 is 38.7 Å². The van der Waals surface area contributed by atoms with Crippen LogP contribution in [-0.4, -0.2) is 24.1 Å². The second kappa shape index (κ2) is 8.96. The van der Waals surface area contributed by atoms with Gasteiger partial charge in [0.1, 0.15) is 5.82 Å². The molecule has 0 spiro atoms. The van der Waals surface area contributed by atoms with Crippen molar-refractivity contribution in [2.75, 3.05) is 18.5 Å². The molecular formula is C11H18N3O2SY+2. The van der Waals surface area contributed by atoms with Gasteiger partial charge in [-0.1, -0.05) is 0 Å². The number of rotatable bonds is 6. The standard InChI is InChI=1S/C11H18N3O2S.Y/c1-4-16-11(15)9-10(14-8(3)17-9)13-7(2)5-6-12;/h13H,4-6,12H2,1-3H3;/q-1;+3. The van der Waals surface area contributed by atoms with Crippen LogP contribution in [0.3, 0.4) is 0 Å². The summed E-state index contributed by atoms with van der Waals surface area (Å²) >= 11 is 1.33. The van der Waals surface area contributed by atoms with Crippen molar-refractivity contribution in [1.82, 2.24) is 4.98 Å². The molecule has 0 bridgehead atoms. The minimum absolute atomic E-state index is 0. The molecular weight excluding hydrogens is 327 g/mol. The zero-order chi connectivity index (χ0) is 12.8. The van der Waals surface area contributed by atoms with E-state index in [0.717, 1.165) is 17.5 Å². The van der Waals surface area contributed by atoms with E-state index in [1.165, 1.54) is 11.3 Å². The predicted octanol–water partition coefficient (Wildman–Crippen LogP) is 1.94. The molecule has 7 heteroatoms. The first-order valence-corrected chi connectivity index (χ1v) is 6.34. The zero-order valence-electron chi connectivity index (χ0n) is 10.9. The molecule has 0 aliphatic heterocycles. The van der Waals surface area contributed by atoms with Crippen LogP contribution in [0.2, 0.25) is 0 Å². The van der Waals surface area contributed by atoms with E-state index < -0.39 is 0 Å². The van der Waals surface area contributed by atoms with Gasteiger partial charge in [0.25, 0.3) is 0 Å². The third kappa shape index (κ3) is 5.30. The van der Waals surface area contributed by atoms with E-state index in [4.69, 9.17) is 10.5 Å². The molecule has 1 aromatic rings. The number of carbonyl (C=O) groups is 1. The van der Waals surface area contributed by atoms with Gasteiger partial charge in [-0.2, -0.15) is 6.92 Å². The van der Waals surface area contributed by atoms with Crippen molar-refractivity contribution in [2.24, 2.45) is 5.73 Å². The van der Waals surface area contributed by atoms with E-state index in [9.17, 15) is 4.79 Å². The minimum Gasteiger partial charge on any atom is -0.516 e. The third-order valence-corrected chi connectivity index (χ3v) is 3.00. The molecule has 96 valence electrons. The number of anilines is 1. The van der Waals surface area contributed by atoms with Gasteiger partial charge in [0.15, 0.2) is 4.88 Å². The number of ether oxygens (including phenoxy) is 1. The Morgan fingerprint density at radius 3 is 2.83 bits per heavy atom. The number of aromatic nitrogens is 1. The molecule has 0 amide bonds. The maximum atomic E-state index is 11.7. The number of carbonyl (C=O) groups excluding carboxylic acids is 1. The smallest absolute Gasteiger partial charge is 0.516 e. The third-order valence-electron chi connectivity index (χ3n) is 2.05. The Labute approximate surface area is 137 Å². The van der Waals surface area contributed by atoms with E-state index in [1.54, 1.807) is 6.92 Å². The van der Waals surface area contributed by atoms with Crippen LogP contribution in [0.1, 0.15) is 34.9 Å². The van der Waals surface area contributed by atoms with Crippen molar-refractivity contribution in [3.63, 3.8) is 0 Å². The summed E-state index contributed by atoms with van der Waals surface area (Å²) in [6.07, 6.45) is 0.749. The predicted molar refractivity (Wildman–Crippen MR) is 69.0 cm³/mol. The Bertz CT molecular complexity index is 384. The first-order valence-electron chi connectivity index (χ1n) is 5.52. The van der Waals surface area contributed by atoms with Crippen molar-refractivity contribution in [1.29, 1.82) is 0 Å². The number of nitrogens with one attached hydrogen (secondary N) is 1. The largest absolute Gasteiger partial charge is 3.00 e. The first-order chi connectivity index (χ1) is 8.08. The van der Waals surface area contributed by atoms with Gasteiger partial charge in [0, 0.05) is 0 Å². The average Bonchev–Trinajstić information content (AvgIpc) is 2.60. The van der Waals surface area contributed by atoms with Crippen LogP contribution >= 0.6 is 11.3 Å². The molecule has 0 fully saturated rings. The molecule has 0 saturated heterocycles. The summed E-state index contributed by atoms with van der Waals surface area (Å²) in [5, 5.41) is 3.94. The summed E-state index contributed by atoms with van der Waals surface area (Å²) in [7, 11) is 0. The summed E-state index contributed by atoms with van der Waals surface area (Å²) in [4.78, 5) is 16.5. The Hall–Kier alpha value is -0.0361. The Morgan fingerprint density at radius 2 is 2.28 bits per heavy atom. The summed E-state index contributed by atoms with van der Waals surface area (Å²) in [5.74, 6) is 0.234. The van der Waals surface area contributed by atoms with Crippen molar-refractivity contribution in [2.45, 2.75) is 27.2 Å². The summed E-state index contributed by atoms with van der Waals surface area (Å²) in [5.41, 5.74) is 5.46. The Balaban J connectivity index is 0.00000289. The van der Waals surface area contributed by atoms with E-state index in [1.807, 2.05) is 13.8 Å². The minimum atomic E-state index is -0.332. The molecule has 5 nitrogen and oxygen atoms in total. The van der Waals surface area contributed by atoms with Gasteiger partial charge in [-0.3, -0.25) is 0 Å². The molecule has 0 saturated carbocycles. The normalized spacial score (nSPS) is 10.1.